The fraction of sp³-hybridized carbons (Fsp3) is 0.214. The molecule has 1 N–H and O–H groups in total. The Morgan fingerprint density at radius 2 is 2.12 bits per heavy atom. The highest BCUT2D eigenvalue weighted by molar-refractivity contribution is 5.93. The summed E-state index contributed by atoms with van der Waals surface area (Å²) in [7, 11) is 0. The van der Waals surface area contributed by atoms with E-state index in [1.165, 1.54) is 24.4 Å². The first-order valence-electron chi connectivity index (χ1n) is 5.76. The SMILES string of the molecule is O=C(O)/C=C/c1cn(C2CC2)c2ccccc12. The molecule has 1 aromatic heterocycles. The third-order valence-electron chi connectivity index (χ3n) is 3.12. The molecule has 3 heteroatoms. The predicted molar refractivity (Wildman–Crippen MR) is 66.9 cm³/mol. The summed E-state index contributed by atoms with van der Waals surface area (Å²) in [5.74, 6) is -0.909. The van der Waals surface area contributed by atoms with Gasteiger partial charge in [0.05, 0.1) is 0 Å². The van der Waals surface area contributed by atoms with E-state index >= 15 is 0 Å². The summed E-state index contributed by atoms with van der Waals surface area (Å²) < 4.78 is 2.26. The number of fused-ring (bicyclic) bond motifs is 1. The predicted octanol–water partition coefficient (Wildman–Crippen LogP) is 3.07. The molecule has 2 aromatic rings. The number of rotatable bonds is 3. The van der Waals surface area contributed by atoms with Crippen LogP contribution in [0.2, 0.25) is 0 Å². The molecular formula is C14H13NO2. The van der Waals surface area contributed by atoms with Gasteiger partial charge in [0.2, 0.25) is 0 Å². The van der Waals surface area contributed by atoms with E-state index in [-0.39, 0.29) is 0 Å². The summed E-state index contributed by atoms with van der Waals surface area (Å²) in [6.07, 6.45) is 7.37. The lowest BCUT2D eigenvalue weighted by Gasteiger charge is -2.00. The van der Waals surface area contributed by atoms with Crippen molar-refractivity contribution in [1.82, 2.24) is 4.57 Å². The Labute approximate surface area is 99.0 Å². The van der Waals surface area contributed by atoms with Gasteiger partial charge in [-0.05, 0) is 25.0 Å². The molecular weight excluding hydrogens is 214 g/mol. The summed E-state index contributed by atoms with van der Waals surface area (Å²) in [5, 5.41) is 9.80. The molecule has 0 atom stereocenters. The van der Waals surface area contributed by atoms with E-state index in [0.29, 0.717) is 6.04 Å². The Hall–Kier alpha value is -2.03. The van der Waals surface area contributed by atoms with E-state index < -0.39 is 5.97 Å². The Kier molecular flexibility index (Phi) is 2.25. The van der Waals surface area contributed by atoms with Crippen LogP contribution in [0.15, 0.2) is 36.5 Å². The molecule has 3 rings (SSSR count). The molecule has 3 nitrogen and oxygen atoms in total. The van der Waals surface area contributed by atoms with Gasteiger partial charge in [0.15, 0.2) is 0 Å². The van der Waals surface area contributed by atoms with Crippen LogP contribution in [0.25, 0.3) is 17.0 Å². The van der Waals surface area contributed by atoms with Crippen LogP contribution in [-0.2, 0) is 4.79 Å². The molecule has 1 fully saturated rings. The Balaban J connectivity index is 2.14. The van der Waals surface area contributed by atoms with Gasteiger partial charge < -0.3 is 9.67 Å². The van der Waals surface area contributed by atoms with Crippen molar-refractivity contribution >= 4 is 22.9 Å². The largest absolute Gasteiger partial charge is 0.478 e. The fourth-order valence-corrected chi connectivity index (χ4v) is 2.18. The molecule has 0 unspecified atom stereocenters. The average Bonchev–Trinajstić information content (AvgIpc) is 3.09. The summed E-state index contributed by atoms with van der Waals surface area (Å²) >= 11 is 0. The minimum atomic E-state index is -0.909. The summed E-state index contributed by atoms with van der Waals surface area (Å²) in [5.41, 5.74) is 2.18. The van der Waals surface area contributed by atoms with E-state index in [0.717, 1.165) is 10.9 Å². The number of carbonyl (C=O) groups is 1. The maximum Gasteiger partial charge on any atom is 0.328 e. The molecule has 1 aromatic carbocycles. The number of carboxylic acids is 1. The molecule has 17 heavy (non-hydrogen) atoms. The van der Waals surface area contributed by atoms with Crippen molar-refractivity contribution in [2.45, 2.75) is 18.9 Å². The molecule has 0 aliphatic heterocycles. The average molecular weight is 227 g/mol. The second-order valence-electron chi connectivity index (χ2n) is 4.41. The van der Waals surface area contributed by atoms with Crippen molar-refractivity contribution in [3.05, 3.63) is 42.1 Å². The fourth-order valence-electron chi connectivity index (χ4n) is 2.18. The van der Waals surface area contributed by atoms with Gasteiger partial charge in [0.25, 0.3) is 0 Å². The molecule has 1 heterocycles. The number of hydrogen-bond acceptors (Lipinski definition) is 1. The van der Waals surface area contributed by atoms with Crippen molar-refractivity contribution in [2.24, 2.45) is 0 Å². The van der Waals surface area contributed by atoms with Crippen molar-refractivity contribution in [3.63, 3.8) is 0 Å². The summed E-state index contributed by atoms with van der Waals surface area (Å²) in [6, 6.07) is 8.73. The third-order valence-corrected chi connectivity index (χ3v) is 3.12. The summed E-state index contributed by atoms with van der Waals surface area (Å²) in [6.45, 7) is 0. The van der Waals surface area contributed by atoms with Gasteiger partial charge >= 0.3 is 5.97 Å². The number of nitrogens with zero attached hydrogens (tertiary/aromatic N) is 1. The lowest BCUT2D eigenvalue weighted by molar-refractivity contribution is -0.131. The van der Waals surface area contributed by atoms with E-state index in [4.69, 9.17) is 5.11 Å². The quantitative estimate of drug-likeness (QED) is 0.819. The maximum atomic E-state index is 10.6. The molecule has 1 saturated carbocycles. The Morgan fingerprint density at radius 3 is 2.82 bits per heavy atom. The Bertz CT molecular complexity index is 606. The number of para-hydroxylation sites is 1. The number of aliphatic carboxylic acids is 1. The number of carboxylic acid groups (broad SMARTS) is 1. The normalized spacial score (nSPS) is 15.8. The molecule has 0 spiro atoms. The van der Waals surface area contributed by atoms with Crippen LogP contribution in [0.1, 0.15) is 24.4 Å². The first kappa shape index (κ1) is 10.1. The van der Waals surface area contributed by atoms with Crippen molar-refractivity contribution in [1.29, 1.82) is 0 Å². The van der Waals surface area contributed by atoms with Crippen LogP contribution in [0.5, 0.6) is 0 Å². The minimum absolute atomic E-state index is 0.604. The maximum absolute atomic E-state index is 10.6. The zero-order valence-electron chi connectivity index (χ0n) is 9.34. The first-order valence-corrected chi connectivity index (χ1v) is 5.76. The van der Waals surface area contributed by atoms with Gasteiger partial charge in [-0.2, -0.15) is 0 Å². The van der Waals surface area contributed by atoms with Crippen LogP contribution in [0.4, 0.5) is 0 Å². The Morgan fingerprint density at radius 1 is 1.35 bits per heavy atom. The van der Waals surface area contributed by atoms with Crippen molar-refractivity contribution in [2.75, 3.05) is 0 Å². The highest BCUT2D eigenvalue weighted by Gasteiger charge is 2.25. The van der Waals surface area contributed by atoms with Crippen molar-refractivity contribution < 1.29 is 9.90 Å². The van der Waals surface area contributed by atoms with Gasteiger partial charge in [0, 0.05) is 34.8 Å². The zero-order chi connectivity index (χ0) is 11.8. The second kappa shape index (κ2) is 3.77. The lowest BCUT2D eigenvalue weighted by atomic mass is 10.1. The molecule has 86 valence electrons. The number of benzene rings is 1. The molecule has 0 radical (unpaired) electrons. The number of aromatic nitrogens is 1. The van der Waals surface area contributed by atoms with Crippen LogP contribution in [-0.4, -0.2) is 15.6 Å². The summed E-state index contributed by atoms with van der Waals surface area (Å²) in [4.78, 5) is 10.6. The smallest absolute Gasteiger partial charge is 0.328 e. The topological polar surface area (TPSA) is 42.2 Å². The van der Waals surface area contributed by atoms with Gasteiger partial charge in [-0.1, -0.05) is 18.2 Å². The van der Waals surface area contributed by atoms with E-state index in [1.807, 2.05) is 18.2 Å². The zero-order valence-corrected chi connectivity index (χ0v) is 9.34. The van der Waals surface area contributed by atoms with Gasteiger partial charge in [-0.3, -0.25) is 0 Å². The minimum Gasteiger partial charge on any atom is -0.478 e. The van der Waals surface area contributed by atoms with E-state index in [2.05, 4.69) is 16.8 Å². The lowest BCUT2D eigenvalue weighted by Crippen LogP contribution is -1.89. The highest BCUT2D eigenvalue weighted by atomic mass is 16.4. The molecule has 1 aliphatic rings. The second-order valence-corrected chi connectivity index (χ2v) is 4.41. The molecule has 0 saturated heterocycles. The third kappa shape index (κ3) is 1.84. The number of hydrogen-bond donors (Lipinski definition) is 1. The monoisotopic (exact) mass is 227 g/mol. The molecule has 0 amide bonds. The van der Waals surface area contributed by atoms with E-state index in [9.17, 15) is 4.79 Å². The van der Waals surface area contributed by atoms with Gasteiger partial charge in [-0.25, -0.2) is 4.79 Å². The van der Waals surface area contributed by atoms with Crippen LogP contribution in [0.3, 0.4) is 0 Å². The molecule has 0 bridgehead atoms. The van der Waals surface area contributed by atoms with Crippen LogP contribution >= 0.6 is 0 Å². The molecule has 1 aliphatic carbocycles. The van der Waals surface area contributed by atoms with Crippen LogP contribution in [0, 0.1) is 0 Å². The van der Waals surface area contributed by atoms with Gasteiger partial charge in [0.1, 0.15) is 0 Å². The van der Waals surface area contributed by atoms with E-state index in [1.54, 1.807) is 6.08 Å². The van der Waals surface area contributed by atoms with Crippen molar-refractivity contribution in [3.8, 4) is 0 Å². The van der Waals surface area contributed by atoms with Gasteiger partial charge in [-0.15, -0.1) is 0 Å². The van der Waals surface area contributed by atoms with Crippen LogP contribution < -0.4 is 0 Å². The highest BCUT2D eigenvalue weighted by Crippen LogP contribution is 2.39. The first-order chi connectivity index (χ1) is 8.25. The standard InChI is InChI=1S/C14H13NO2/c16-14(17)8-5-10-9-15(11-6-7-11)13-4-2-1-3-12(10)13/h1-5,8-9,11H,6-7H2,(H,16,17)/b8-5+.